The molecule has 0 aliphatic heterocycles. The molecule has 0 spiro atoms. The molecule has 0 amide bonds. The fourth-order valence-electron chi connectivity index (χ4n) is 4.02. The highest BCUT2D eigenvalue weighted by Gasteiger charge is 2.19. The van der Waals surface area contributed by atoms with Gasteiger partial charge in [0, 0.05) is 34.6 Å². The first-order valence-corrected chi connectivity index (χ1v) is 13.0. The number of aromatic hydroxyl groups is 2. The highest BCUT2D eigenvalue weighted by molar-refractivity contribution is 5.86. The van der Waals surface area contributed by atoms with E-state index in [0.717, 1.165) is 24.6 Å². The van der Waals surface area contributed by atoms with Gasteiger partial charge in [-0.1, -0.05) is 48.5 Å². The van der Waals surface area contributed by atoms with Crippen LogP contribution in [-0.4, -0.2) is 47.4 Å². The Bertz CT molecular complexity index is 1770. The van der Waals surface area contributed by atoms with E-state index in [2.05, 4.69) is 36.0 Å². The lowest BCUT2D eigenvalue weighted by Gasteiger charge is -2.23. The molecule has 5 rings (SSSR count). The van der Waals surface area contributed by atoms with E-state index in [1.807, 2.05) is 60.7 Å². The van der Waals surface area contributed by atoms with Crippen molar-refractivity contribution in [3.05, 3.63) is 128 Å². The zero-order chi connectivity index (χ0) is 31.8. The van der Waals surface area contributed by atoms with Crippen LogP contribution in [0.2, 0.25) is 0 Å². The Balaban J connectivity index is 1.52. The molecule has 0 aliphatic carbocycles. The van der Waals surface area contributed by atoms with E-state index in [-0.39, 0.29) is 29.0 Å². The first-order valence-electron chi connectivity index (χ1n) is 13.0. The summed E-state index contributed by atoms with van der Waals surface area (Å²) in [5, 5.41) is 50.9. The van der Waals surface area contributed by atoms with Gasteiger partial charge in [0.15, 0.2) is 0 Å². The number of hydrazone groups is 2. The molecule has 0 fully saturated rings. The number of nitrogens with zero attached hydrogens (tertiary/aromatic N) is 8. The second-order valence-corrected chi connectivity index (χ2v) is 8.97. The third kappa shape index (κ3) is 6.92. The van der Waals surface area contributed by atoms with Crippen molar-refractivity contribution in [3.8, 4) is 11.5 Å². The zero-order valence-electron chi connectivity index (χ0n) is 23.0. The predicted octanol–water partition coefficient (Wildman–Crippen LogP) is 5.46. The number of hydrogen-bond donors (Lipinski definition) is 4. The smallest absolute Gasteiger partial charge is 0.311 e. The molecule has 0 bridgehead atoms. The lowest BCUT2D eigenvalue weighted by molar-refractivity contribution is -0.386. The van der Waals surface area contributed by atoms with Crippen molar-refractivity contribution in [1.29, 1.82) is 0 Å². The minimum absolute atomic E-state index is 0.0703. The van der Waals surface area contributed by atoms with Gasteiger partial charge in [-0.25, -0.2) is 10.9 Å². The Hall–Kier alpha value is -6.97. The minimum atomic E-state index is -0.716. The molecular weight excluding hydrogens is 584 g/mol. The van der Waals surface area contributed by atoms with E-state index in [0.29, 0.717) is 11.4 Å². The molecular formula is C29H22N10O6. The molecule has 16 heteroatoms. The summed E-state index contributed by atoms with van der Waals surface area (Å²) in [6.45, 7) is 0. The Kier molecular flexibility index (Phi) is 8.75. The van der Waals surface area contributed by atoms with Crippen LogP contribution in [0.5, 0.6) is 11.5 Å². The van der Waals surface area contributed by atoms with Gasteiger partial charge in [0.1, 0.15) is 0 Å². The number of nitro groups is 2. The zero-order valence-corrected chi connectivity index (χ0v) is 23.0. The Morgan fingerprint density at radius 2 is 1.04 bits per heavy atom. The van der Waals surface area contributed by atoms with Crippen LogP contribution in [-0.2, 0) is 0 Å². The number of benzene rings is 4. The standard InChI is InChI=1S/C29H22N10O6/c40-25-19(9-7-15-23(25)38(42)43)17-30-35-27-32-28(36-31-18-20-10-8-16-24(26(20)41)39(44)45)34-29(33-27)37(21-11-3-1-4-12-21)22-13-5-2-6-14-22/h1-18,40-41H,(H2,32,33,34,35,36)/b30-17-,31-18-. The van der Waals surface area contributed by atoms with Crippen LogP contribution in [0.4, 0.5) is 40.6 Å². The van der Waals surface area contributed by atoms with E-state index >= 15 is 0 Å². The maximum absolute atomic E-state index is 11.2. The molecule has 5 aromatic rings. The molecule has 0 saturated carbocycles. The number of phenolic OH excluding ortho intramolecular Hbond substituents is 2. The molecule has 0 aliphatic rings. The van der Waals surface area contributed by atoms with Gasteiger partial charge in [-0.2, -0.15) is 25.2 Å². The second kappa shape index (κ2) is 13.3. The molecule has 0 atom stereocenters. The van der Waals surface area contributed by atoms with E-state index in [1.165, 1.54) is 24.3 Å². The van der Waals surface area contributed by atoms with Gasteiger partial charge < -0.3 is 10.2 Å². The maximum Gasteiger partial charge on any atom is 0.311 e. The summed E-state index contributed by atoms with van der Waals surface area (Å²) >= 11 is 0. The minimum Gasteiger partial charge on any atom is -0.502 e. The quantitative estimate of drug-likeness (QED) is 0.0837. The summed E-state index contributed by atoms with van der Waals surface area (Å²) in [6.07, 6.45) is 2.32. The van der Waals surface area contributed by atoms with Crippen LogP contribution in [0.1, 0.15) is 11.1 Å². The van der Waals surface area contributed by atoms with Gasteiger partial charge in [-0.15, -0.1) is 0 Å². The lowest BCUT2D eigenvalue weighted by Crippen LogP contribution is -2.16. The number of anilines is 5. The van der Waals surface area contributed by atoms with Gasteiger partial charge in [-0.3, -0.25) is 25.1 Å². The Labute approximate surface area is 254 Å². The summed E-state index contributed by atoms with van der Waals surface area (Å²) in [4.78, 5) is 35.9. The molecule has 16 nitrogen and oxygen atoms in total. The molecule has 45 heavy (non-hydrogen) atoms. The van der Waals surface area contributed by atoms with Crippen molar-refractivity contribution in [2.45, 2.75) is 0 Å². The largest absolute Gasteiger partial charge is 0.502 e. The van der Waals surface area contributed by atoms with Gasteiger partial charge in [-0.05, 0) is 36.4 Å². The number of hydrogen-bond acceptors (Lipinski definition) is 14. The molecule has 4 aromatic carbocycles. The Morgan fingerprint density at radius 3 is 1.44 bits per heavy atom. The summed E-state index contributed by atoms with van der Waals surface area (Å²) in [7, 11) is 0. The second-order valence-electron chi connectivity index (χ2n) is 8.97. The van der Waals surface area contributed by atoms with Crippen molar-refractivity contribution in [2.24, 2.45) is 10.2 Å². The van der Waals surface area contributed by atoms with Crippen molar-refractivity contribution in [2.75, 3.05) is 15.8 Å². The molecule has 224 valence electrons. The normalized spacial score (nSPS) is 11.0. The van der Waals surface area contributed by atoms with Gasteiger partial charge in [0.2, 0.25) is 29.3 Å². The van der Waals surface area contributed by atoms with Crippen molar-refractivity contribution in [1.82, 2.24) is 15.0 Å². The maximum atomic E-state index is 11.2. The third-order valence-electron chi connectivity index (χ3n) is 6.07. The van der Waals surface area contributed by atoms with Crippen LogP contribution in [0.15, 0.2) is 107 Å². The van der Waals surface area contributed by atoms with Gasteiger partial charge in [0.05, 0.1) is 22.3 Å². The van der Waals surface area contributed by atoms with Gasteiger partial charge >= 0.3 is 11.4 Å². The highest BCUT2D eigenvalue weighted by Crippen LogP contribution is 2.33. The number of para-hydroxylation sites is 4. The number of phenols is 2. The van der Waals surface area contributed by atoms with Crippen molar-refractivity contribution in [3.63, 3.8) is 0 Å². The van der Waals surface area contributed by atoms with Crippen molar-refractivity contribution >= 4 is 53.0 Å². The molecule has 1 heterocycles. The average Bonchev–Trinajstić information content (AvgIpc) is 3.03. The first-order chi connectivity index (χ1) is 21.8. The number of aromatic nitrogens is 3. The van der Waals surface area contributed by atoms with E-state index < -0.39 is 32.7 Å². The average molecular weight is 607 g/mol. The van der Waals surface area contributed by atoms with Crippen molar-refractivity contribution < 1.29 is 20.1 Å². The predicted molar refractivity (Wildman–Crippen MR) is 166 cm³/mol. The summed E-state index contributed by atoms with van der Waals surface area (Å²) < 4.78 is 0. The highest BCUT2D eigenvalue weighted by atomic mass is 16.6. The molecule has 4 N–H and O–H groups in total. The van der Waals surface area contributed by atoms with E-state index in [4.69, 9.17) is 0 Å². The van der Waals surface area contributed by atoms with Crippen LogP contribution in [0.25, 0.3) is 0 Å². The fourth-order valence-corrected chi connectivity index (χ4v) is 4.02. The summed E-state index contributed by atoms with van der Waals surface area (Å²) in [5.41, 5.74) is 5.87. The molecule has 0 radical (unpaired) electrons. The molecule has 1 aromatic heterocycles. The number of rotatable bonds is 11. The number of nitrogens with one attached hydrogen (secondary N) is 2. The molecule has 0 saturated heterocycles. The van der Waals surface area contributed by atoms with E-state index in [1.54, 1.807) is 4.90 Å². The molecule has 0 unspecified atom stereocenters. The Morgan fingerprint density at radius 1 is 0.622 bits per heavy atom. The summed E-state index contributed by atoms with van der Waals surface area (Å²) in [5.74, 6) is -1.15. The fraction of sp³-hybridized carbons (Fsp3) is 0. The van der Waals surface area contributed by atoms with E-state index in [9.17, 15) is 30.4 Å². The third-order valence-corrected chi connectivity index (χ3v) is 6.07. The lowest BCUT2D eigenvalue weighted by atomic mass is 10.2. The number of nitro benzene ring substituents is 2. The first kappa shape index (κ1) is 29.5. The van der Waals surface area contributed by atoms with Gasteiger partial charge in [0.25, 0.3) is 0 Å². The topological polar surface area (TPSA) is 217 Å². The van der Waals surface area contributed by atoms with Crippen LogP contribution < -0.4 is 15.8 Å². The van der Waals surface area contributed by atoms with Crippen LogP contribution in [0.3, 0.4) is 0 Å². The monoisotopic (exact) mass is 606 g/mol. The van der Waals surface area contributed by atoms with Crippen LogP contribution in [0, 0.1) is 20.2 Å². The van der Waals surface area contributed by atoms with Crippen LogP contribution >= 0.6 is 0 Å². The SMILES string of the molecule is O=[N+]([O-])c1cccc(/C=N\Nc2nc(N/N=C\c3cccc([N+](=O)[O-])c3O)nc(N(c3ccccc3)c3ccccc3)n2)c1O. The summed E-state index contributed by atoms with van der Waals surface area (Å²) in [6, 6.07) is 26.5.